The Balaban J connectivity index is 1.99. The molecule has 0 fully saturated rings. The highest BCUT2D eigenvalue weighted by Gasteiger charge is 2.21. The molecule has 94 valence electrons. The van der Waals surface area contributed by atoms with E-state index in [2.05, 4.69) is 23.5 Å². The largest absolute Gasteiger partial charge is 0.392 e. The Morgan fingerprint density at radius 2 is 2.18 bits per heavy atom. The molecule has 3 heteroatoms. The van der Waals surface area contributed by atoms with Gasteiger partial charge in [0.15, 0.2) is 0 Å². The molecule has 1 aliphatic heterocycles. The van der Waals surface area contributed by atoms with Crippen LogP contribution in [-0.2, 0) is 11.3 Å². The van der Waals surface area contributed by atoms with E-state index in [0.29, 0.717) is 19.8 Å². The van der Waals surface area contributed by atoms with Crippen LogP contribution in [0.25, 0.3) is 0 Å². The van der Waals surface area contributed by atoms with E-state index in [1.54, 1.807) is 0 Å². The van der Waals surface area contributed by atoms with Crippen molar-refractivity contribution in [3.63, 3.8) is 0 Å². The van der Waals surface area contributed by atoms with Crippen LogP contribution in [0.5, 0.6) is 0 Å². The molecule has 0 saturated heterocycles. The fourth-order valence-corrected chi connectivity index (χ4v) is 2.05. The summed E-state index contributed by atoms with van der Waals surface area (Å²) in [4.78, 5) is 0. The van der Waals surface area contributed by atoms with E-state index >= 15 is 0 Å². The van der Waals surface area contributed by atoms with E-state index in [-0.39, 0.29) is 18.1 Å². The SMILES string of the molecule is CC(C)C(O)CNC1COCc2ccccc21. The summed E-state index contributed by atoms with van der Waals surface area (Å²) in [5.41, 5.74) is 2.55. The van der Waals surface area contributed by atoms with Gasteiger partial charge in [0.1, 0.15) is 0 Å². The third-order valence-corrected chi connectivity index (χ3v) is 3.32. The van der Waals surface area contributed by atoms with Crippen LogP contribution in [0.4, 0.5) is 0 Å². The summed E-state index contributed by atoms with van der Waals surface area (Å²) in [6, 6.07) is 8.53. The predicted molar refractivity (Wildman–Crippen MR) is 67.7 cm³/mol. The van der Waals surface area contributed by atoms with E-state index in [9.17, 15) is 5.11 Å². The zero-order valence-electron chi connectivity index (χ0n) is 10.5. The number of ether oxygens (including phenoxy) is 1. The molecule has 0 amide bonds. The highest BCUT2D eigenvalue weighted by atomic mass is 16.5. The van der Waals surface area contributed by atoms with E-state index in [0.717, 1.165) is 0 Å². The molecule has 1 aliphatic rings. The summed E-state index contributed by atoms with van der Waals surface area (Å²) < 4.78 is 5.56. The summed E-state index contributed by atoms with van der Waals surface area (Å²) in [5.74, 6) is 0.280. The average Bonchev–Trinajstić information content (AvgIpc) is 2.35. The van der Waals surface area contributed by atoms with Crippen molar-refractivity contribution in [2.24, 2.45) is 5.92 Å². The maximum Gasteiger partial charge on any atom is 0.0721 e. The second-order valence-electron chi connectivity index (χ2n) is 4.99. The van der Waals surface area contributed by atoms with Crippen LogP contribution in [0.2, 0.25) is 0 Å². The molecule has 0 radical (unpaired) electrons. The Kier molecular flexibility index (Phi) is 4.15. The normalized spacial score (nSPS) is 21.3. The lowest BCUT2D eigenvalue weighted by Gasteiger charge is -2.28. The minimum absolute atomic E-state index is 0.202. The summed E-state index contributed by atoms with van der Waals surface area (Å²) in [6.45, 7) is 6.04. The van der Waals surface area contributed by atoms with Crippen molar-refractivity contribution < 1.29 is 9.84 Å². The van der Waals surface area contributed by atoms with Gasteiger partial charge in [-0.2, -0.15) is 0 Å². The van der Waals surface area contributed by atoms with Crippen LogP contribution in [0, 0.1) is 5.92 Å². The van der Waals surface area contributed by atoms with E-state index in [4.69, 9.17) is 4.74 Å². The van der Waals surface area contributed by atoms with Crippen molar-refractivity contribution in [3.05, 3.63) is 35.4 Å². The number of aliphatic hydroxyl groups is 1. The molecule has 0 aromatic heterocycles. The first-order chi connectivity index (χ1) is 8.18. The van der Waals surface area contributed by atoms with Crippen LogP contribution in [0.3, 0.4) is 0 Å². The molecule has 2 N–H and O–H groups in total. The number of aliphatic hydroxyl groups excluding tert-OH is 1. The topological polar surface area (TPSA) is 41.5 Å². The highest BCUT2D eigenvalue weighted by molar-refractivity contribution is 5.31. The quantitative estimate of drug-likeness (QED) is 0.837. The molecular formula is C14H21NO2. The molecule has 1 aromatic carbocycles. The monoisotopic (exact) mass is 235 g/mol. The fraction of sp³-hybridized carbons (Fsp3) is 0.571. The molecule has 17 heavy (non-hydrogen) atoms. The van der Waals surface area contributed by atoms with Crippen molar-refractivity contribution in [2.45, 2.75) is 32.6 Å². The fourth-order valence-electron chi connectivity index (χ4n) is 2.05. The lowest BCUT2D eigenvalue weighted by Crippen LogP contribution is -2.36. The molecule has 2 atom stereocenters. The number of hydrogen-bond acceptors (Lipinski definition) is 3. The van der Waals surface area contributed by atoms with Crippen LogP contribution in [0.1, 0.15) is 31.0 Å². The molecular weight excluding hydrogens is 214 g/mol. The first-order valence-corrected chi connectivity index (χ1v) is 6.25. The van der Waals surface area contributed by atoms with Gasteiger partial charge in [-0.05, 0) is 17.0 Å². The minimum atomic E-state index is -0.302. The van der Waals surface area contributed by atoms with Crippen LogP contribution < -0.4 is 5.32 Å². The molecule has 0 bridgehead atoms. The summed E-state index contributed by atoms with van der Waals surface area (Å²) in [6.07, 6.45) is -0.302. The van der Waals surface area contributed by atoms with Gasteiger partial charge in [-0.15, -0.1) is 0 Å². The van der Waals surface area contributed by atoms with Crippen LogP contribution in [-0.4, -0.2) is 24.4 Å². The third kappa shape index (κ3) is 3.06. The molecule has 0 spiro atoms. The zero-order chi connectivity index (χ0) is 12.3. The third-order valence-electron chi connectivity index (χ3n) is 3.32. The molecule has 2 unspecified atom stereocenters. The van der Waals surface area contributed by atoms with Crippen molar-refractivity contribution in [3.8, 4) is 0 Å². The first-order valence-electron chi connectivity index (χ1n) is 6.25. The summed E-state index contributed by atoms with van der Waals surface area (Å²) in [5, 5.41) is 13.2. The maximum atomic E-state index is 9.80. The van der Waals surface area contributed by atoms with E-state index in [1.165, 1.54) is 11.1 Å². The van der Waals surface area contributed by atoms with Crippen LogP contribution >= 0.6 is 0 Å². The van der Waals surface area contributed by atoms with E-state index in [1.807, 2.05) is 19.9 Å². The van der Waals surface area contributed by atoms with Crippen molar-refractivity contribution in [1.82, 2.24) is 5.32 Å². The van der Waals surface area contributed by atoms with Crippen molar-refractivity contribution in [2.75, 3.05) is 13.2 Å². The smallest absolute Gasteiger partial charge is 0.0721 e. The average molecular weight is 235 g/mol. The Labute approximate surface area is 103 Å². The van der Waals surface area contributed by atoms with Gasteiger partial charge in [0, 0.05) is 6.54 Å². The summed E-state index contributed by atoms with van der Waals surface area (Å²) >= 11 is 0. The standard InChI is InChI=1S/C14H21NO2/c1-10(2)14(16)7-15-13-9-17-8-11-5-3-4-6-12(11)13/h3-6,10,13-16H,7-9H2,1-2H3. The number of benzene rings is 1. The molecule has 0 aliphatic carbocycles. The van der Waals surface area contributed by atoms with Crippen LogP contribution in [0.15, 0.2) is 24.3 Å². The lowest BCUT2D eigenvalue weighted by atomic mass is 9.98. The number of fused-ring (bicyclic) bond motifs is 1. The number of rotatable bonds is 4. The molecule has 2 rings (SSSR count). The molecule has 3 nitrogen and oxygen atoms in total. The molecule has 1 heterocycles. The lowest BCUT2D eigenvalue weighted by molar-refractivity contribution is 0.0694. The van der Waals surface area contributed by atoms with Gasteiger partial charge in [0.2, 0.25) is 0 Å². The van der Waals surface area contributed by atoms with E-state index < -0.39 is 0 Å². The van der Waals surface area contributed by atoms with Gasteiger partial charge in [-0.1, -0.05) is 38.1 Å². The first kappa shape index (κ1) is 12.6. The second kappa shape index (κ2) is 5.63. The maximum absolute atomic E-state index is 9.80. The van der Waals surface area contributed by atoms with Gasteiger partial charge in [-0.25, -0.2) is 0 Å². The Morgan fingerprint density at radius 1 is 1.41 bits per heavy atom. The van der Waals surface area contributed by atoms with Gasteiger partial charge < -0.3 is 15.2 Å². The van der Waals surface area contributed by atoms with Gasteiger partial charge in [0.25, 0.3) is 0 Å². The predicted octanol–water partition coefficient (Wildman–Crippen LogP) is 1.86. The second-order valence-corrected chi connectivity index (χ2v) is 4.99. The molecule has 1 aromatic rings. The molecule has 0 saturated carbocycles. The van der Waals surface area contributed by atoms with Gasteiger partial charge in [-0.3, -0.25) is 0 Å². The van der Waals surface area contributed by atoms with Crippen molar-refractivity contribution in [1.29, 1.82) is 0 Å². The van der Waals surface area contributed by atoms with Crippen molar-refractivity contribution >= 4 is 0 Å². The van der Waals surface area contributed by atoms with Gasteiger partial charge >= 0.3 is 0 Å². The van der Waals surface area contributed by atoms with Gasteiger partial charge in [0.05, 0.1) is 25.4 Å². The Bertz CT molecular complexity index is 365. The highest BCUT2D eigenvalue weighted by Crippen LogP contribution is 2.24. The Morgan fingerprint density at radius 3 is 2.94 bits per heavy atom. The number of nitrogens with one attached hydrogen (secondary N) is 1. The summed E-state index contributed by atoms with van der Waals surface area (Å²) in [7, 11) is 0. The minimum Gasteiger partial charge on any atom is -0.392 e. The zero-order valence-corrected chi connectivity index (χ0v) is 10.5. The number of hydrogen-bond donors (Lipinski definition) is 2. The Hall–Kier alpha value is -0.900.